The van der Waals surface area contributed by atoms with Crippen molar-refractivity contribution in [2.45, 2.75) is 33.8 Å². The highest BCUT2D eigenvalue weighted by Crippen LogP contribution is 2.31. The predicted molar refractivity (Wildman–Crippen MR) is 73.8 cm³/mol. The second kappa shape index (κ2) is 4.63. The molecule has 1 atom stereocenters. The van der Waals surface area contributed by atoms with E-state index in [1.807, 2.05) is 12.3 Å². The number of hydrogen-bond donors (Lipinski definition) is 1. The zero-order valence-corrected chi connectivity index (χ0v) is 11.6. The molecule has 1 aromatic heterocycles. The number of hydrogen-bond acceptors (Lipinski definition) is 2. The van der Waals surface area contributed by atoms with Gasteiger partial charge in [-0.2, -0.15) is 11.3 Å². The fraction of sp³-hybridized carbons (Fsp3) is 0.333. The van der Waals surface area contributed by atoms with Crippen LogP contribution in [0.1, 0.15) is 39.5 Å². The third kappa shape index (κ3) is 2.28. The van der Waals surface area contributed by atoms with Gasteiger partial charge in [0.15, 0.2) is 0 Å². The quantitative estimate of drug-likeness (QED) is 0.847. The van der Waals surface area contributed by atoms with Crippen molar-refractivity contribution in [3.8, 4) is 0 Å². The van der Waals surface area contributed by atoms with Crippen LogP contribution in [0.25, 0.3) is 0 Å². The fourth-order valence-corrected chi connectivity index (χ4v) is 3.30. The van der Waals surface area contributed by atoms with Crippen LogP contribution in [0.4, 0.5) is 0 Å². The van der Waals surface area contributed by atoms with Gasteiger partial charge >= 0.3 is 0 Å². The molecule has 17 heavy (non-hydrogen) atoms. The molecule has 0 saturated carbocycles. The first-order chi connectivity index (χ1) is 8.00. The molecule has 1 nitrogen and oxygen atoms in total. The summed E-state index contributed by atoms with van der Waals surface area (Å²) < 4.78 is 0. The summed E-state index contributed by atoms with van der Waals surface area (Å²) in [6, 6.07) is 4.26. The number of rotatable bonds is 2. The van der Waals surface area contributed by atoms with Crippen LogP contribution in [0.5, 0.6) is 0 Å². The molecule has 0 aliphatic rings. The lowest BCUT2D eigenvalue weighted by molar-refractivity contribution is 0.218. The lowest BCUT2D eigenvalue weighted by Crippen LogP contribution is -2.05. The lowest BCUT2D eigenvalue weighted by atomic mass is 9.92. The molecule has 0 radical (unpaired) electrons. The van der Waals surface area contributed by atoms with Crippen LogP contribution in [-0.4, -0.2) is 5.11 Å². The SMILES string of the molecule is Cc1cc(C)c(C(O)c2cscc2C)c(C)c1. The molecule has 1 aromatic carbocycles. The van der Waals surface area contributed by atoms with Gasteiger partial charge in [0, 0.05) is 0 Å². The molecular weight excluding hydrogens is 228 g/mol. The first-order valence-electron chi connectivity index (χ1n) is 5.79. The highest BCUT2D eigenvalue weighted by atomic mass is 32.1. The van der Waals surface area contributed by atoms with Crippen molar-refractivity contribution < 1.29 is 5.11 Å². The van der Waals surface area contributed by atoms with E-state index in [1.54, 1.807) is 11.3 Å². The summed E-state index contributed by atoms with van der Waals surface area (Å²) in [6.07, 6.45) is -0.498. The van der Waals surface area contributed by atoms with E-state index in [1.165, 1.54) is 22.3 Å². The Kier molecular flexibility index (Phi) is 3.36. The molecule has 0 saturated heterocycles. The largest absolute Gasteiger partial charge is 0.384 e. The number of benzene rings is 1. The minimum atomic E-state index is -0.498. The molecule has 0 amide bonds. The van der Waals surface area contributed by atoms with E-state index < -0.39 is 6.10 Å². The molecule has 0 fully saturated rings. The highest BCUT2D eigenvalue weighted by molar-refractivity contribution is 7.08. The normalized spacial score (nSPS) is 12.8. The minimum Gasteiger partial charge on any atom is -0.384 e. The Balaban J connectivity index is 2.51. The number of thiophene rings is 1. The summed E-state index contributed by atoms with van der Waals surface area (Å²) in [5.74, 6) is 0. The number of aliphatic hydroxyl groups is 1. The highest BCUT2D eigenvalue weighted by Gasteiger charge is 2.17. The van der Waals surface area contributed by atoms with Crippen molar-refractivity contribution in [2.75, 3.05) is 0 Å². The Labute approximate surface area is 107 Å². The Bertz CT molecular complexity index is 517. The summed E-state index contributed by atoms with van der Waals surface area (Å²) >= 11 is 1.64. The summed E-state index contributed by atoms with van der Waals surface area (Å²) in [6.45, 7) is 8.28. The molecule has 0 spiro atoms. The Morgan fingerprint density at radius 3 is 2.00 bits per heavy atom. The van der Waals surface area contributed by atoms with Gasteiger partial charge in [-0.05, 0) is 66.3 Å². The molecule has 0 aliphatic heterocycles. The van der Waals surface area contributed by atoms with Crippen LogP contribution in [0.15, 0.2) is 22.9 Å². The molecular formula is C15H18OS. The van der Waals surface area contributed by atoms with Gasteiger partial charge in [0.25, 0.3) is 0 Å². The number of aryl methyl sites for hydroxylation is 4. The molecule has 1 unspecified atom stereocenters. The standard InChI is InChI=1S/C15H18OS/c1-9-5-10(2)14(11(3)6-9)15(16)13-8-17-7-12(13)4/h5-8,15-16H,1-4H3. The predicted octanol–water partition coefficient (Wildman–Crippen LogP) is 4.06. The first-order valence-corrected chi connectivity index (χ1v) is 6.73. The second-order valence-corrected chi connectivity index (χ2v) is 5.47. The Morgan fingerprint density at radius 2 is 1.53 bits per heavy atom. The Hall–Kier alpha value is -1.12. The fourth-order valence-electron chi connectivity index (χ4n) is 2.43. The minimum absolute atomic E-state index is 0.498. The van der Waals surface area contributed by atoms with Gasteiger partial charge in [-0.3, -0.25) is 0 Å². The van der Waals surface area contributed by atoms with Gasteiger partial charge in [0.2, 0.25) is 0 Å². The topological polar surface area (TPSA) is 20.2 Å². The van der Waals surface area contributed by atoms with Crippen molar-refractivity contribution in [2.24, 2.45) is 0 Å². The van der Waals surface area contributed by atoms with Gasteiger partial charge in [-0.15, -0.1) is 0 Å². The maximum absolute atomic E-state index is 10.5. The van der Waals surface area contributed by atoms with Crippen LogP contribution in [0.3, 0.4) is 0 Å². The molecule has 0 bridgehead atoms. The smallest absolute Gasteiger partial charge is 0.106 e. The third-order valence-electron chi connectivity index (χ3n) is 3.20. The lowest BCUT2D eigenvalue weighted by Gasteiger charge is -2.17. The van der Waals surface area contributed by atoms with E-state index in [0.717, 1.165) is 11.1 Å². The van der Waals surface area contributed by atoms with Gasteiger partial charge < -0.3 is 5.11 Å². The van der Waals surface area contributed by atoms with Gasteiger partial charge in [0.1, 0.15) is 6.10 Å². The van der Waals surface area contributed by atoms with Crippen molar-refractivity contribution >= 4 is 11.3 Å². The zero-order valence-electron chi connectivity index (χ0n) is 10.7. The van der Waals surface area contributed by atoms with Gasteiger partial charge in [0.05, 0.1) is 0 Å². The van der Waals surface area contributed by atoms with Gasteiger partial charge in [-0.25, -0.2) is 0 Å². The molecule has 90 valence electrons. The molecule has 2 rings (SSSR count). The molecule has 2 heteroatoms. The zero-order chi connectivity index (χ0) is 12.6. The van der Waals surface area contributed by atoms with E-state index >= 15 is 0 Å². The van der Waals surface area contributed by atoms with E-state index in [0.29, 0.717) is 0 Å². The molecule has 2 aromatic rings. The monoisotopic (exact) mass is 246 g/mol. The van der Waals surface area contributed by atoms with E-state index in [4.69, 9.17) is 0 Å². The van der Waals surface area contributed by atoms with Crippen LogP contribution in [0.2, 0.25) is 0 Å². The third-order valence-corrected chi connectivity index (χ3v) is 4.08. The molecule has 0 aliphatic carbocycles. The average Bonchev–Trinajstić information content (AvgIpc) is 2.62. The Morgan fingerprint density at radius 1 is 0.941 bits per heavy atom. The summed E-state index contributed by atoms with van der Waals surface area (Å²) in [5, 5.41) is 14.6. The van der Waals surface area contributed by atoms with Crippen molar-refractivity contribution in [3.05, 3.63) is 56.3 Å². The maximum atomic E-state index is 10.5. The first kappa shape index (κ1) is 12.3. The van der Waals surface area contributed by atoms with E-state index in [9.17, 15) is 5.11 Å². The van der Waals surface area contributed by atoms with Crippen molar-refractivity contribution in [1.82, 2.24) is 0 Å². The summed E-state index contributed by atoms with van der Waals surface area (Å²) in [5.41, 5.74) is 6.84. The molecule has 1 heterocycles. The summed E-state index contributed by atoms with van der Waals surface area (Å²) in [7, 11) is 0. The van der Waals surface area contributed by atoms with Crippen molar-refractivity contribution in [1.29, 1.82) is 0 Å². The van der Waals surface area contributed by atoms with Crippen molar-refractivity contribution in [3.63, 3.8) is 0 Å². The summed E-state index contributed by atoms with van der Waals surface area (Å²) in [4.78, 5) is 0. The van der Waals surface area contributed by atoms with Crippen LogP contribution >= 0.6 is 11.3 Å². The average molecular weight is 246 g/mol. The van der Waals surface area contributed by atoms with Crippen LogP contribution in [0, 0.1) is 27.7 Å². The van der Waals surface area contributed by atoms with Crippen LogP contribution in [-0.2, 0) is 0 Å². The maximum Gasteiger partial charge on any atom is 0.106 e. The molecule has 1 N–H and O–H groups in total. The number of aliphatic hydroxyl groups excluding tert-OH is 1. The van der Waals surface area contributed by atoms with Crippen LogP contribution < -0.4 is 0 Å². The van der Waals surface area contributed by atoms with E-state index in [-0.39, 0.29) is 0 Å². The van der Waals surface area contributed by atoms with E-state index in [2.05, 4.69) is 38.3 Å². The second-order valence-electron chi connectivity index (χ2n) is 4.73. The van der Waals surface area contributed by atoms with Gasteiger partial charge in [-0.1, -0.05) is 17.7 Å².